The zero-order valence-corrected chi connectivity index (χ0v) is 16.6. The fraction of sp³-hybridized carbons (Fsp3) is 0.789. The first kappa shape index (κ1) is 19.2. The van der Waals surface area contributed by atoms with E-state index in [0.717, 1.165) is 24.3 Å². The molecule has 2 bridgehead atoms. The molecule has 3 aliphatic rings. The highest BCUT2D eigenvalue weighted by Crippen LogP contribution is 2.42. The molecule has 2 aliphatic heterocycles. The van der Waals surface area contributed by atoms with E-state index in [9.17, 15) is 14.8 Å². The Balaban J connectivity index is 1.36. The zero-order chi connectivity index (χ0) is 20.1. The Bertz CT molecular complexity index is 758. The number of ether oxygens (including phenoxy) is 1. The third-order valence-corrected chi connectivity index (χ3v) is 5.85. The zero-order valence-electron chi connectivity index (χ0n) is 16.6. The Kier molecular flexibility index (Phi) is 4.81. The lowest BCUT2D eigenvalue weighted by atomic mass is 10.0. The molecular formula is C19H28N4O5. The van der Waals surface area contributed by atoms with Gasteiger partial charge in [-0.15, -0.1) is 10.2 Å². The van der Waals surface area contributed by atoms with E-state index in [4.69, 9.17) is 9.15 Å². The van der Waals surface area contributed by atoms with Crippen molar-refractivity contribution in [2.45, 2.75) is 82.9 Å². The minimum Gasteiger partial charge on any atom is -0.460 e. The smallest absolute Gasteiger partial charge is 0.344 e. The molecule has 3 fully saturated rings. The van der Waals surface area contributed by atoms with Gasteiger partial charge >= 0.3 is 12.0 Å². The van der Waals surface area contributed by atoms with Crippen LogP contribution in [-0.2, 0) is 9.53 Å². The summed E-state index contributed by atoms with van der Waals surface area (Å²) < 4.78 is 11.4. The van der Waals surface area contributed by atoms with Crippen LogP contribution >= 0.6 is 0 Å². The number of esters is 1. The summed E-state index contributed by atoms with van der Waals surface area (Å²) in [5.74, 6) is 1.24. The summed E-state index contributed by atoms with van der Waals surface area (Å²) in [4.78, 5) is 25.8. The van der Waals surface area contributed by atoms with Gasteiger partial charge in [0.1, 0.15) is 11.6 Å². The number of aromatic nitrogens is 2. The summed E-state index contributed by atoms with van der Waals surface area (Å²) in [6.07, 6.45) is 4.46. The summed E-state index contributed by atoms with van der Waals surface area (Å²) in [6.45, 7) is 6.10. The second-order valence-corrected chi connectivity index (χ2v) is 9.17. The van der Waals surface area contributed by atoms with Crippen molar-refractivity contribution in [3.05, 3.63) is 11.8 Å². The van der Waals surface area contributed by atoms with E-state index in [1.165, 1.54) is 0 Å². The predicted octanol–water partition coefficient (Wildman–Crippen LogP) is 3.02. The molecule has 9 nitrogen and oxygen atoms in total. The van der Waals surface area contributed by atoms with E-state index in [2.05, 4.69) is 10.2 Å². The van der Waals surface area contributed by atoms with Crippen molar-refractivity contribution in [1.29, 1.82) is 0 Å². The van der Waals surface area contributed by atoms with Crippen molar-refractivity contribution in [1.82, 2.24) is 20.2 Å². The molecule has 1 N–H and O–H groups in total. The number of fused-ring (bicyclic) bond motifs is 2. The Morgan fingerprint density at radius 3 is 2.71 bits per heavy atom. The lowest BCUT2D eigenvalue weighted by molar-refractivity contribution is -0.155. The highest BCUT2D eigenvalue weighted by molar-refractivity contribution is 5.76. The number of hydrogen-bond donors (Lipinski definition) is 1. The Labute approximate surface area is 164 Å². The van der Waals surface area contributed by atoms with E-state index >= 15 is 0 Å². The Hall–Kier alpha value is -2.16. The number of carbonyl (C=O) groups excluding carboxylic acids is 2. The molecule has 9 heteroatoms. The topological polar surface area (TPSA) is 109 Å². The lowest BCUT2D eigenvalue weighted by Gasteiger charge is -2.27. The highest BCUT2D eigenvalue weighted by Gasteiger charge is 2.46. The van der Waals surface area contributed by atoms with Gasteiger partial charge in [0.05, 0.1) is 6.04 Å². The van der Waals surface area contributed by atoms with Crippen molar-refractivity contribution in [2.75, 3.05) is 6.54 Å². The summed E-state index contributed by atoms with van der Waals surface area (Å²) >= 11 is 0. The molecule has 154 valence electrons. The Morgan fingerprint density at radius 2 is 1.96 bits per heavy atom. The fourth-order valence-electron chi connectivity index (χ4n) is 4.56. The van der Waals surface area contributed by atoms with Gasteiger partial charge in [-0.2, -0.15) is 0 Å². The summed E-state index contributed by atoms with van der Waals surface area (Å²) in [7, 11) is 0. The molecule has 1 aromatic rings. The van der Waals surface area contributed by atoms with Crippen LogP contribution in [0.2, 0.25) is 0 Å². The van der Waals surface area contributed by atoms with Gasteiger partial charge in [-0.1, -0.05) is 0 Å². The number of amides is 2. The van der Waals surface area contributed by atoms with E-state index in [-0.39, 0.29) is 29.9 Å². The second kappa shape index (κ2) is 7.02. The maximum Gasteiger partial charge on any atom is 0.344 e. The van der Waals surface area contributed by atoms with Crippen LogP contribution in [0.4, 0.5) is 4.79 Å². The van der Waals surface area contributed by atoms with E-state index in [1.807, 2.05) is 20.8 Å². The van der Waals surface area contributed by atoms with Gasteiger partial charge in [-0.3, -0.25) is 10.0 Å². The average Bonchev–Trinajstić information content (AvgIpc) is 3.31. The number of carbonyl (C=O) groups is 2. The van der Waals surface area contributed by atoms with Crippen molar-refractivity contribution >= 4 is 12.0 Å². The number of nitrogens with zero attached hydrogens (tertiary/aromatic N) is 4. The first-order valence-electron chi connectivity index (χ1n) is 10.0. The minimum atomic E-state index is -0.466. The van der Waals surface area contributed by atoms with Gasteiger partial charge in [0, 0.05) is 18.9 Å². The molecule has 0 unspecified atom stereocenters. The summed E-state index contributed by atoms with van der Waals surface area (Å²) in [5, 5.41) is 19.1. The maximum absolute atomic E-state index is 12.1. The van der Waals surface area contributed by atoms with E-state index in [0.29, 0.717) is 37.6 Å². The second-order valence-electron chi connectivity index (χ2n) is 9.17. The third-order valence-electron chi connectivity index (χ3n) is 5.85. The maximum atomic E-state index is 12.1. The van der Waals surface area contributed by atoms with Crippen LogP contribution in [-0.4, -0.2) is 55.6 Å². The van der Waals surface area contributed by atoms with Crippen LogP contribution < -0.4 is 0 Å². The Morgan fingerprint density at radius 1 is 1.21 bits per heavy atom. The number of hydroxylamine groups is 2. The van der Waals surface area contributed by atoms with Gasteiger partial charge in [0.15, 0.2) is 0 Å². The molecule has 28 heavy (non-hydrogen) atoms. The molecule has 0 aromatic carbocycles. The van der Waals surface area contributed by atoms with Gasteiger partial charge in [-0.05, 0) is 58.8 Å². The van der Waals surface area contributed by atoms with Crippen LogP contribution in [0.1, 0.15) is 83.0 Å². The van der Waals surface area contributed by atoms with Gasteiger partial charge in [-0.25, -0.2) is 9.86 Å². The molecule has 1 aliphatic carbocycles. The summed E-state index contributed by atoms with van der Waals surface area (Å²) in [5.41, 5.74) is -0.466. The van der Waals surface area contributed by atoms with Crippen LogP contribution in [0.5, 0.6) is 0 Å². The first-order chi connectivity index (χ1) is 13.2. The standard InChI is InChI=1S/C19H28N4O5/c1-19(2,3)28-15(24)9-11-4-5-12(8-11)16-20-21-17(27-16)14-7-6-13-10-22(14)18(25)23(13)26/h11-14,26H,4-10H2,1-3H3/t11-,12+,13-,14+/m1/s1. The van der Waals surface area contributed by atoms with Crippen molar-refractivity contribution in [2.24, 2.45) is 5.92 Å². The van der Waals surface area contributed by atoms with Crippen molar-refractivity contribution in [3.8, 4) is 0 Å². The van der Waals surface area contributed by atoms with Crippen LogP contribution in [0.15, 0.2) is 4.42 Å². The highest BCUT2D eigenvalue weighted by atomic mass is 16.6. The molecule has 0 radical (unpaired) electrons. The quantitative estimate of drug-likeness (QED) is 0.619. The van der Waals surface area contributed by atoms with Gasteiger partial charge < -0.3 is 14.1 Å². The molecule has 0 spiro atoms. The molecule has 4 rings (SSSR count). The van der Waals surface area contributed by atoms with Gasteiger partial charge in [0.2, 0.25) is 11.8 Å². The molecule has 2 amide bonds. The predicted molar refractivity (Wildman–Crippen MR) is 96.3 cm³/mol. The van der Waals surface area contributed by atoms with Crippen LogP contribution in [0, 0.1) is 5.92 Å². The first-order valence-corrected chi connectivity index (χ1v) is 10.0. The normalized spacial score (nSPS) is 30.2. The van der Waals surface area contributed by atoms with Gasteiger partial charge in [0.25, 0.3) is 0 Å². The summed E-state index contributed by atoms with van der Waals surface area (Å²) in [6, 6.07) is -0.818. The van der Waals surface area contributed by atoms with Crippen molar-refractivity contribution < 1.29 is 24.0 Å². The minimum absolute atomic E-state index is 0.133. The molecule has 3 heterocycles. The average molecular weight is 392 g/mol. The number of rotatable bonds is 4. The largest absolute Gasteiger partial charge is 0.460 e. The number of piperidine rings is 1. The third kappa shape index (κ3) is 3.72. The molecule has 1 saturated carbocycles. The monoisotopic (exact) mass is 392 g/mol. The van der Waals surface area contributed by atoms with Crippen molar-refractivity contribution in [3.63, 3.8) is 0 Å². The SMILES string of the molecule is CC(C)(C)OC(=O)C[C@@H]1CC[C@H](c2nnc([C@@H]3CC[C@@H]4CN3C(=O)N4O)o2)C1. The fourth-order valence-corrected chi connectivity index (χ4v) is 4.56. The van der Waals surface area contributed by atoms with Crippen LogP contribution in [0.25, 0.3) is 0 Å². The van der Waals surface area contributed by atoms with E-state index in [1.54, 1.807) is 4.90 Å². The molecule has 2 saturated heterocycles. The molecule has 1 aromatic heterocycles. The molecule has 4 atom stereocenters. The van der Waals surface area contributed by atoms with E-state index < -0.39 is 11.6 Å². The molecular weight excluding hydrogens is 364 g/mol. The lowest BCUT2D eigenvalue weighted by Crippen LogP contribution is -2.34. The number of urea groups is 1. The van der Waals surface area contributed by atoms with Crippen LogP contribution in [0.3, 0.4) is 0 Å². The number of hydrogen-bond acceptors (Lipinski definition) is 7.